The third-order valence-electron chi connectivity index (χ3n) is 2.68. The van der Waals surface area contributed by atoms with Crippen LogP contribution in [-0.2, 0) is 15.0 Å². The van der Waals surface area contributed by atoms with Crippen LogP contribution in [0.2, 0.25) is 0 Å². The highest BCUT2D eigenvalue weighted by Crippen LogP contribution is 2.33. The molecular weight excluding hydrogens is 232 g/mol. The van der Waals surface area contributed by atoms with Crippen LogP contribution in [0, 0.1) is 5.92 Å². The number of hydrogen-bond acceptors (Lipinski definition) is 3. The van der Waals surface area contributed by atoms with E-state index in [1.54, 1.807) is 13.8 Å². The molecule has 7 heteroatoms. The summed E-state index contributed by atoms with van der Waals surface area (Å²) < 4.78 is 27.1. The van der Waals surface area contributed by atoms with Crippen molar-refractivity contribution < 1.29 is 18.3 Å². The SMILES string of the molecule is CCN(CC)S(=O)(=O)NC(C(=O)O)C1CC1. The average molecular weight is 250 g/mol. The van der Waals surface area contributed by atoms with E-state index in [1.165, 1.54) is 4.31 Å². The lowest BCUT2D eigenvalue weighted by Gasteiger charge is -2.21. The molecule has 1 fully saturated rings. The highest BCUT2D eigenvalue weighted by molar-refractivity contribution is 7.87. The molecule has 16 heavy (non-hydrogen) atoms. The first-order chi connectivity index (χ1) is 7.42. The van der Waals surface area contributed by atoms with Gasteiger partial charge in [0.15, 0.2) is 0 Å². The maximum atomic E-state index is 11.8. The molecule has 1 unspecified atom stereocenters. The van der Waals surface area contributed by atoms with Crippen molar-refractivity contribution in [3.05, 3.63) is 0 Å². The fourth-order valence-corrected chi connectivity index (χ4v) is 3.02. The number of carboxylic acid groups (broad SMARTS) is 1. The number of nitrogens with zero attached hydrogens (tertiary/aromatic N) is 1. The summed E-state index contributed by atoms with van der Waals surface area (Å²) in [5, 5.41) is 8.93. The molecule has 6 nitrogen and oxygen atoms in total. The fraction of sp³-hybridized carbons (Fsp3) is 0.889. The van der Waals surface area contributed by atoms with E-state index in [-0.39, 0.29) is 5.92 Å². The maximum Gasteiger partial charge on any atom is 0.322 e. The van der Waals surface area contributed by atoms with Crippen LogP contribution in [0.1, 0.15) is 26.7 Å². The van der Waals surface area contributed by atoms with Crippen molar-refractivity contribution in [2.75, 3.05) is 13.1 Å². The Bertz CT molecular complexity index is 347. The summed E-state index contributed by atoms with van der Waals surface area (Å²) >= 11 is 0. The van der Waals surface area contributed by atoms with Crippen molar-refractivity contribution in [2.24, 2.45) is 5.92 Å². The molecule has 0 saturated heterocycles. The molecule has 1 saturated carbocycles. The number of rotatable bonds is 7. The van der Waals surface area contributed by atoms with Gasteiger partial charge in [0.1, 0.15) is 6.04 Å². The minimum Gasteiger partial charge on any atom is -0.480 e. The van der Waals surface area contributed by atoms with E-state index in [1.807, 2.05) is 0 Å². The van der Waals surface area contributed by atoms with E-state index in [2.05, 4.69) is 4.72 Å². The van der Waals surface area contributed by atoms with Gasteiger partial charge in [-0.1, -0.05) is 13.8 Å². The van der Waals surface area contributed by atoms with Crippen molar-refractivity contribution in [3.63, 3.8) is 0 Å². The predicted molar refractivity (Wildman–Crippen MR) is 59.1 cm³/mol. The van der Waals surface area contributed by atoms with Gasteiger partial charge in [0.2, 0.25) is 0 Å². The smallest absolute Gasteiger partial charge is 0.322 e. The Morgan fingerprint density at radius 2 is 1.94 bits per heavy atom. The summed E-state index contributed by atoms with van der Waals surface area (Å²) in [6.07, 6.45) is 1.55. The fourth-order valence-electron chi connectivity index (χ4n) is 1.58. The first kappa shape index (κ1) is 13.4. The lowest BCUT2D eigenvalue weighted by Crippen LogP contribution is -2.49. The van der Waals surface area contributed by atoms with E-state index in [0.29, 0.717) is 13.1 Å². The van der Waals surface area contributed by atoms with Crippen LogP contribution >= 0.6 is 0 Å². The number of nitrogens with one attached hydrogen (secondary N) is 1. The predicted octanol–water partition coefficient (Wildman–Crippen LogP) is 0.0258. The molecule has 0 bridgehead atoms. The van der Waals surface area contributed by atoms with Crippen molar-refractivity contribution in [2.45, 2.75) is 32.7 Å². The Labute approximate surface area is 95.8 Å². The molecule has 0 aromatic heterocycles. The summed E-state index contributed by atoms with van der Waals surface area (Å²) in [6, 6.07) is -0.981. The second-order valence-corrected chi connectivity index (χ2v) is 5.56. The van der Waals surface area contributed by atoms with Gasteiger partial charge < -0.3 is 5.11 Å². The summed E-state index contributed by atoms with van der Waals surface area (Å²) in [6.45, 7) is 4.11. The molecular formula is C9H18N2O4S. The monoisotopic (exact) mass is 250 g/mol. The molecule has 1 aliphatic rings. The van der Waals surface area contributed by atoms with Crippen LogP contribution in [0.5, 0.6) is 0 Å². The first-order valence-corrected chi connectivity index (χ1v) is 6.86. The molecule has 1 aliphatic carbocycles. The second-order valence-electron chi connectivity index (χ2n) is 3.86. The minimum atomic E-state index is -3.67. The Morgan fingerprint density at radius 3 is 2.25 bits per heavy atom. The highest BCUT2D eigenvalue weighted by Gasteiger charge is 2.39. The molecule has 0 radical (unpaired) electrons. The maximum absolute atomic E-state index is 11.8. The number of hydrogen-bond donors (Lipinski definition) is 2. The molecule has 0 heterocycles. The standard InChI is InChI=1S/C9H18N2O4S/c1-3-11(4-2)16(14,15)10-8(9(12)13)7-5-6-7/h7-8,10H,3-6H2,1-2H3,(H,12,13). The topological polar surface area (TPSA) is 86.7 Å². The Morgan fingerprint density at radius 1 is 1.44 bits per heavy atom. The van der Waals surface area contributed by atoms with Gasteiger partial charge in [0.05, 0.1) is 0 Å². The third-order valence-corrected chi connectivity index (χ3v) is 4.43. The Kier molecular flexibility index (Phi) is 4.28. The van der Waals surface area contributed by atoms with Gasteiger partial charge in [-0.3, -0.25) is 4.79 Å². The summed E-state index contributed by atoms with van der Waals surface area (Å²) in [4.78, 5) is 10.9. The van der Waals surface area contributed by atoms with Gasteiger partial charge in [0, 0.05) is 13.1 Å². The van der Waals surface area contributed by atoms with E-state index in [4.69, 9.17) is 5.11 Å². The molecule has 0 aromatic carbocycles. The summed E-state index contributed by atoms with van der Waals surface area (Å²) in [5.74, 6) is -1.15. The largest absolute Gasteiger partial charge is 0.480 e. The van der Waals surface area contributed by atoms with Crippen molar-refractivity contribution in [3.8, 4) is 0 Å². The van der Waals surface area contributed by atoms with Crippen molar-refractivity contribution >= 4 is 16.2 Å². The lowest BCUT2D eigenvalue weighted by molar-refractivity contribution is -0.139. The van der Waals surface area contributed by atoms with Crippen LogP contribution < -0.4 is 4.72 Å². The van der Waals surface area contributed by atoms with E-state index < -0.39 is 22.2 Å². The zero-order chi connectivity index (χ0) is 12.3. The second kappa shape index (κ2) is 5.11. The molecule has 0 spiro atoms. The zero-order valence-electron chi connectivity index (χ0n) is 9.51. The van der Waals surface area contributed by atoms with Gasteiger partial charge in [-0.25, -0.2) is 0 Å². The van der Waals surface area contributed by atoms with Gasteiger partial charge in [-0.15, -0.1) is 0 Å². The molecule has 94 valence electrons. The summed E-state index contributed by atoms with van der Waals surface area (Å²) in [7, 11) is -3.67. The number of aliphatic carboxylic acids is 1. The van der Waals surface area contributed by atoms with Gasteiger partial charge in [-0.05, 0) is 18.8 Å². The van der Waals surface area contributed by atoms with E-state index >= 15 is 0 Å². The highest BCUT2D eigenvalue weighted by atomic mass is 32.2. The van der Waals surface area contributed by atoms with Crippen LogP contribution in [0.15, 0.2) is 0 Å². The van der Waals surface area contributed by atoms with Crippen molar-refractivity contribution in [1.82, 2.24) is 9.03 Å². The van der Waals surface area contributed by atoms with Gasteiger partial charge in [0.25, 0.3) is 10.2 Å². The van der Waals surface area contributed by atoms with E-state index in [0.717, 1.165) is 12.8 Å². The quantitative estimate of drug-likeness (QED) is 0.667. The van der Waals surface area contributed by atoms with Crippen LogP contribution in [-0.4, -0.2) is 42.9 Å². The molecule has 1 rings (SSSR count). The number of carbonyl (C=O) groups is 1. The van der Waals surface area contributed by atoms with E-state index in [9.17, 15) is 13.2 Å². The molecule has 0 amide bonds. The Balaban J connectivity index is 2.72. The van der Waals surface area contributed by atoms with Gasteiger partial charge in [-0.2, -0.15) is 17.4 Å². The van der Waals surface area contributed by atoms with Gasteiger partial charge >= 0.3 is 5.97 Å². The molecule has 2 N–H and O–H groups in total. The lowest BCUT2D eigenvalue weighted by atomic mass is 10.2. The Hall–Kier alpha value is -0.660. The average Bonchev–Trinajstić information content (AvgIpc) is 2.98. The van der Waals surface area contributed by atoms with Crippen LogP contribution in [0.3, 0.4) is 0 Å². The van der Waals surface area contributed by atoms with Crippen LogP contribution in [0.4, 0.5) is 0 Å². The summed E-state index contributed by atoms with van der Waals surface area (Å²) in [5.41, 5.74) is 0. The first-order valence-electron chi connectivity index (χ1n) is 5.42. The molecule has 0 aliphatic heterocycles. The zero-order valence-corrected chi connectivity index (χ0v) is 10.3. The number of carboxylic acids is 1. The molecule has 1 atom stereocenters. The normalized spacial score (nSPS) is 18.7. The molecule has 0 aromatic rings. The third kappa shape index (κ3) is 3.16. The van der Waals surface area contributed by atoms with Crippen LogP contribution in [0.25, 0.3) is 0 Å². The minimum absolute atomic E-state index is 0.0529. The van der Waals surface area contributed by atoms with Crippen molar-refractivity contribution in [1.29, 1.82) is 0 Å².